The van der Waals surface area contributed by atoms with Crippen molar-refractivity contribution in [2.24, 2.45) is 0 Å². The highest BCUT2D eigenvalue weighted by molar-refractivity contribution is 6.53. The third kappa shape index (κ3) is 4.18. The van der Waals surface area contributed by atoms with E-state index >= 15 is 0 Å². The molecular weight excluding hydrogens is 412 g/mol. The van der Waals surface area contributed by atoms with Gasteiger partial charge in [-0.2, -0.15) is 0 Å². The Morgan fingerprint density at radius 3 is 2.30 bits per heavy atom. The number of amides is 2. The standard InChI is InChI=1S/C21H17ClN2O6/c1-11(2)30-21(29)12-6-8-15(9-7-12)24-18(25)16(22)17(19(24)26)23-14-5-3-4-13(10-14)20(27)28/h3-11,23H,1-2H3,(H,27,28)/p-1. The molecule has 2 aromatic carbocycles. The third-order valence-corrected chi connectivity index (χ3v) is 4.45. The number of carboxylic acids is 1. The third-order valence-electron chi connectivity index (χ3n) is 4.10. The summed E-state index contributed by atoms with van der Waals surface area (Å²) < 4.78 is 5.10. The van der Waals surface area contributed by atoms with Crippen LogP contribution >= 0.6 is 11.6 Å². The number of aromatic carboxylic acids is 1. The molecule has 1 aliphatic rings. The second-order valence-electron chi connectivity index (χ2n) is 6.63. The van der Waals surface area contributed by atoms with Gasteiger partial charge in [0.15, 0.2) is 0 Å². The van der Waals surface area contributed by atoms with Gasteiger partial charge >= 0.3 is 5.97 Å². The van der Waals surface area contributed by atoms with E-state index in [1.54, 1.807) is 13.8 Å². The summed E-state index contributed by atoms with van der Waals surface area (Å²) in [6.07, 6.45) is -0.286. The fourth-order valence-electron chi connectivity index (χ4n) is 2.74. The summed E-state index contributed by atoms with van der Waals surface area (Å²) in [7, 11) is 0. The van der Waals surface area contributed by atoms with Gasteiger partial charge in [0.25, 0.3) is 11.8 Å². The molecule has 0 bridgehead atoms. The van der Waals surface area contributed by atoms with Crippen molar-refractivity contribution in [3.8, 4) is 0 Å². The first-order valence-corrected chi connectivity index (χ1v) is 9.25. The minimum absolute atomic E-state index is 0.103. The van der Waals surface area contributed by atoms with Gasteiger partial charge in [-0.15, -0.1) is 0 Å². The van der Waals surface area contributed by atoms with Crippen molar-refractivity contribution in [2.75, 3.05) is 10.2 Å². The molecule has 2 aromatic rings. The van der Waals surface area contributed by atoms with Gasteiger partial charge in [0, 0.05) is 5.69 Å². The number of carbonyl (C=O) groups is 4. The summed E-state index contributed by atoms with van der Waals surface area (Å²) in [6, 6.07) is 11.3. The van der Waals surface area contributed by atoms with E-state index in [2.05, 4.69) is 5.32 Å². The number of carboxylic acid groups (broad SMARTS) is 1. The van der Waals surface area contributed by atoms with Crippen LogP contribution in [-0.2, 0) is 14.3 Å². The zero-order valence-corrected chi connectivity index (χ0v) is 16.7. The van der Waals surface area contributed by atoms with Crippen molar-refractivity contribution in [1.29, 1.82) is 0 Å². The van der Waals surface area contributed by atoms with E-state index in [4.69, 9.17) is 16.3 Å². The van der Waals surface area contributed by atoms with Gasteiger partial charge in [-0.1, -0.05) is 23.7 Å². The fraction of sp³-hybridized carbons (Fsp3) is 0.143. The van der Waals surface area contributed by atoms with Crippen molar-refractivity contribution in [3.05, 3.63) is 70.4 Å². The van der Waals surface area contributed by atoms with Crippen LogP contribution in [0.3, 0.4) is 0 Å². The number of imide groups is 1. The largest absolute Gasteiger partial charge is 0.545 e. The van der Waals surface area contributed by atoms with Gasteiger partial charge in [0.1, 0.15) is 10.7 Å². The van der Waals surface area contributed by atoms with Crippen molar-refractivity contribution in [1.82, 2.24) is 0 Å². The van der Waals surface area contributed by atoms with Crippen LogP contribution in [0.25, 0.3) is 0 Å². The molecule has 2 amide bonds. The molecule has 0 spiro atoms. The number of anilines is 2. The Hall–Kier alpha value is -3.65. The molecule has 0 fully saturated rings. The van der Waals surface area contributed by atoms with E-state index in [1.165, 1.54) is 48.5 Å². The molecule has 1 heterocycles. The zero-order valence-electron chi connectivity index (χ0n) is 16.0. The zero-order chi connectivity index (χ0) is 22.0. The maximum Gasteiger partial charge on any atom is 0.338 e. The first-order valence-electron chi connectivity index (χ1n) is 8.87. The Morgan fingerprint density at radius 2 is 1.70 bits per heavy atom. The lowest BCUT2D eigenvalue weighted by Crippen LogP contribution is -2.32. The quantitative estimate of drug-likeness (QED) is 0.554. The summed E-state index contributed by atoms with van der Waals surface area (Å²) in [5.41, 5.74) is 0.432. The Morgan fingerprint density at radius 1 is 1.03 bits per heavy atom. The van der Waals surface area contributed by atoms with Crippen LogP contribution in [0.5, 0.6) is 0 Å². The van der Waals surface area contributed by atoms with E-state index < -0.39 is 23.8 Å². The molecule has 0 unspecified atom stereocenters. The van der Waals surface area contributed by atoms with Gasteiger partial charge in [0.2, 0.25) is 0 Å². The summed E-state index contributed by atoms with van der Waals surface area (Å²) >= 11 is 6.06. The second kappa shape index (κ2) is 8.38. The minimum atomic E-state index is -1.38. The second-order valence-corrected chi connectivity index (χ2v) is 7.01. The molecule has 9 heteroatoms. The first kappa shape index (κ1) is 21.1. The van der Waals surface area contributed by atoms with Crippen LogP contribution in [0, 0.1) is 0 Å². The first-order chi connectivity index (χ1) is 14.2. The number of esters is 1. The lowest BCUT2D eigenvalue weighted by molar-refractivity contribution is -0.255. The highest BCUT2D eigenvalue weighted by Gasteiger charge is 2.39. The van der Waals surface area contributed by atoms with Gasteiger partial charge in [-0.3, -0.25) is 9.59 Å². The summed E-state index contributed by atoms with van der Waals surface area (Å²) in [5.74, 6) is -3.38. The Bertz CT molecular complexity index is 1080. The average Bonchev–Trinajstić information content (AvgIpc) is 2.91. The van der Waals surface area contributed by atoms with E-state index in [1.807, 2.05) is 0 Å². The molecule has 1 aliphatic heterocycles. The Balaban J connectivity index is 1.82. The molecule has 3 rings (SSSR count). The predicted molar refractivity (Wildman–Crippen MR) is 107 cm³/mol. The molecule has 0 atom stereocenters. The Kier molecular flexibility index (Phi) is 5.89. The smallest absolute Gasteiger partial charge is 0.338 e. The highest BCUT2D eigenvalue weighted by Crippen LogP contribution is 2.30. The number of hydrogen-bond acceptors (Lipinski definition) is 7. The number of hydrogen-bond donors (Lipinski definition) is 1. The number of nitrogens with one attached hydrogen (secondary N) is 1. The maximum absolute atomic E-state index is 12.8. The maximum atomic E-state index is 12.8. The van der Waals surface area contributed by atoms with E-state index in [-0.39, 0.29) is 39.3 Å². The molecular formula is C21H16ClN2O6-. The predicted octanol–water partition coefficient (Wildman–Crippen LogP) is 2.05. The molecule has 8 nitrogen and oxygen atoms in total. The molecule has 0 saturated heterocycles. The highest BCUT2D eigenvalue weighted by atomic mass is 35.5. The molecule has 0 radical (unpaired) electrons. The summed E-state index contributed by atoms with van der Waals surface area (Å²) in [5, 5.41) is 13.3. The van der Waals surface area contributed by atoms with Gasteiger partial charge < -0.3 is 20.0 Å². The van der Waals surface area contributed by atoms with E-state index in [0.29, 0.717) is 0 Å². The SMILES string of the molecule is CC(C)OC(=O)c1ccc(N2C(=O)C(Cl)=C(Nc3cccc(C(=O)[O-])c3)C2=O)cc1. The average molecular weight is 428 g/mol. The molecule has 30 heavy (non-hydrogen) atoms. The molecule has 0 aliphatic carbocycles. The topological polar surface area (TPSA) is 116 Å². The molecule has 154 valence electrons. The van der Waals surface area contributed by atoms with Crippen molar-refractivity contribution >= 4 is 46.7 Å². The monoisotopic (exact) mass is 427 g/mol. The van der Waals surface area contributed by atoms with Crippen molar-refractivity contribution < 1.29 is 29.0 Å². The van der Waals surface area contributed by atoms with Gasteiger partial charge in [-0.25, -0.2) is 9.69 Å². The molecule has 0 aromatic heterocycles. The Labute approximate surface area is 176 Å². The van der Waals surface area contributed by atoms with Gasteiger partial charge in [-0.05, 0) is 55.8 Å². The van der Waals surface area contributed by atoms with Crippen LogP contribution < -0.4 is 15.3 Å². The molecule has 1 N–H and O–H groups in total. The van der Waals surface area contributed by atoms with Gasteiger partial charge in [0.05, 0.1) is 23.3 Å². The summed E-state index contributed by atoms with van der Waals surface area (Å²) in [6.45, 7) is 3.44. The number of carbonyl (C=O) groups excluding carboxylic acids is 4. The number of ether oxygens (including phenoxy) is 1. The van der Waals surface area contributed by atoms with Crippen LogP contribution in [0.2, 0.25) is 0 Å². The molecule has 0 saturated carbocycles. The van der Waals surface area contributed by atoms with E-state index in [9.17, 15) is 24.3 Å². The number of nitrogens with zero attached hydrogens (tertiary/aromatic N) is 1. The minimum Gasteiger partial charge on any atom is -0.545 e. The number of benzene rings is 2. The van der Waals surface area contributed by atoms with Crippen LogP contribution in [0.15, 0.2) is 59.3 Å². The normalized spacial score (nSPS) is 13.8. The van der Waals surface area contributed by atoms with E-state index in [0.717, 1.165) is 4.90 Å². The van der Waals surface area contributed by atoms with Crippen molar-refractivity contribution in [2.45, 2.75) is 20.0 Å². The van der Waals surface area contributed by atoms with Crippen molar-refractivity contribution in [3.63, 3.8) is 0 Å². The summed E-state index contributed by atoms with van der Waals surface area (Å²) in [4.78, 5) is 49.1. The number of halogens is 1. The van der Waals surface area contributed by atoms with Crippen LogP contribution in [0.4, 0.5) is 11.4 Å². The fourth-order valence-corrected chi connectivity index (χ4v) is 2.96. The lowest BCUT2D eigenvalue weighted by Gasteiger charge is -2.16. The van der Waals surface area contributed by atoms with Crippen LogP contribution in [0.1, 0.15) is 34.6 Å². The lowest BCUT2D eigenvalue weighted by atomic mass is 10.2. The van der Waals surface area contributed by atoms with Crippen LogP contribution in [-0.4, -0.2) is 29.9 Å². The number of rotatable bonds is 6.